The highest BCUT2D eigenvalue weighted by molar-refractivity contribution is 5.82. The van der Waals surface area contributed by atoms with Crippen LogP contribution < -0.4 is 5.32 Å². The van der Waals surface area contributed by atoms with Gasteiger partial charge in [-0.05, 0) is 11.8 Å². The molecular weight excluding hydrogens is 338 g/mol. The molecule has 3 rings (SSSR count). The zero-order chi connectivity index (χ0) is 19.0. The van der Waals surface area contributed by atoms with Crippen LogP contribution >= 0.6 is 0 Å². The van der Waals surface area contributed by atoms with Crippen molar-refractivity contribution in [3.8, 4) is 0 Å². The molecule has 0 spiro atoms. The Bertz CT molecular complexity index is 742. The van der Waals surface area contributed by atoms with E-state index in [0.717, 1.165) is 0 Å². The van der Waals surface area contributed by atoms with Crippen molar-refractivity contribution in [2.45, 2.75) is 58.3 Å². The Morgan fingerprint density at radius 3 is 2.38 bits per heavy atom. The molecule has 0 aliphatic carbocycles. The summed E-state index contributed by atoms with van der Waals surface area (Å²) in [5, 5.41) is 33.0. The first kappa shape index (κ1) is 19.0. The van der Waals surface area contributed by atoms with Crippen LogP contribution in [0, 0.1) is 11.8 Å². The van der Waals surface area contributed by atoms with Crippen molar-refractivity contribution in [3.05, 3.63) is 12.7 Å². The summed E-state index contributed by atoms with van der Waals surface area (Å²) in [5.41, 5.74) is 1.06. The number of anilines is 1. The molecule has 4 N–H and O–H groups in total. The number of hydrogen-bond acceptors (Lipinski definition) is 8. The molecule has 0 radical (unpaired) electrons. The van der Waals surface area contributed by atoms with Crippen molar-refractivity contribution in [2.24, 2.45) is 11.8 Å². The molecule has 4 atom stereocenters. The molecule has 1 fully saturated rings. The molecule has 1 saturated heterocycles. The number of fused-ring (bicyclic) bond motifs is 1. The summed E-state index contributed by atoms with van der Waals surface area (Å²) in [6.45, 7) is 8.21. The van der Waals surface area contributed by atoms with Crippen molar-refractivity contribution in [2.75, 3.05) is 11.9 Å². The Morgan fingerprint density at radius 1 is 1.12 bits per heavy atom. The third-order valence-electron chi connectivity index (χ3n) is 4.89. The molecule has 0 aromatic carbocycles. The van der Waals surface area contributed by atoms with Crippen molar-refractivity contribution < 1.29 is 20.1 Å². The van der Waals surface area contributed by atoms with E-state index >= 15 is 0 Å². The fraction of sp³-hybridized carbons (Fsp3) is 0.706. The molecule has 9 nitrogen and oxygen atoms in total. The van der Waals surface area contributed by atoms with Gasteiger partial charge in [-0.1, -0.05) is 27.7 Å². The first-order chi connectivity index (χ1) is 12.3. The lowest BCUT2D eigenvalue weighted by Crippen LogP contribution is -2.33. The van der Waals surface area contributed by atoms with E-state index in [1.165, 1.54) is 12.7 Å². The average Bonchev–Trinajstić information content (AvgIpc) is 3.14. The minimum atomic E-state index is -1.19. The second kappa shape index (κ2) is 7.43. The Hall–Kier alpha value is -1.81. The van der Waals surface area contributed by atoms with Gasteiger partial charge in [0.15, 0.2) is 23.2 Å². The van der Waals surface area contributed by atoms with Gasteiger partial charge in [-0.15, -0.1) is 0 Å². The third kappa shape index (κ3) is 3.27. The normalized spacial score (nSPS) is 26.5. The van der Waals surface area contributed by atoms with Crippen molar-refractivity contribution in [1.82, 2.24) is 19.5 Å². The summed E-state index contributed by atoms with van der Waals surface area (Å²) in [6, 6.07) is 0.215. The molecular formula is C17H27N5O4. The van der Waals surface area contributed by atoms with Crippen LogP contribution in [0.2, 0.25) is 0 Å². The monoisotopic (exact) mass is 365 g/mol. The Morgan fingerprint density at radius 2 is 1.81 bits per heavy atom. The maximum atomic E-state index is 10.3. The van der Waals surface area contributed by atoms with Crippen LogP contribution in [0.1, 0.15) is 33.9 Å². The second-order valence-corrected chi connectivity index (χ2v) is 7.43. The molecule has 0 saturated carbocycles. The van der Waals surface area contributed by atoms with Gasteiger partial charge in [0, 0.05) is 6.04 Å². The summed E-state index contributed by atoms with van der Waals surface area (Å²) < 4.78 is 7.14. The lowest BCUT2D eigenvalue weighted by Gasteiger charge is -2.26. The fourth-order valence-corrected chi connectivity index (χ4v) is 3.51. The summed E-state index contributed by atoms with van der Waals surface area (Å²) in [5.74, 6) is 1.43. The predicted octanol–water partition coefficient (Wildman–Crippen LogP) is 0.530. The summed E-state index contributed by atoms with van der Waals surface area (Å²) in [6.07, 6.45) is -1.14. The van der Waals surface area contributed by atoms with E-state index in [1.807, 2.05) is 0 Å². The van der Waals surface area contributed by atoms with Gasteiger partial charge >= 0.3 is 0 Å². The van der Waals surface area contributed by atoms with E-state index in [1.54, 1.807) is 4.57 Å². The maximum absolute atomic E-state index is 10.3. The lowest BCUT2D eigenvalue weighted by molar-refractivity contribution is -0.0511. The van der Waals surface area contributed by atoms with Crippen LogP contribution in [-0.2, 0) is 4.74 Å². The van der Waals surface area contributed by atoms with Gasteiger partial charge in [0.25, 0.3) is 0 Å². The van der Waals surface area contributed by atoms with E-state index in [-0.39, 0.29) is 12.6 Å². The van der Waals surface area contributed by atoms with Crippen LogP contribution in [0.3, 0.4) is 0 Å². The zero-order valence-corrected chi connectivity index (χ0v) is 15.4. The number of imidazole rings is 1. The van der Waals surface area contributed by atoms with Crippen LogP contribution in [0.4, 0.5) is 5.82 Å². The molecule has 1 aliphatic rings. The third-order valence-corrected chi connectivity index (χ3v) is 4.89. The molecule has 26 heavy (non-hydrogen) atoms. The molecule has 2 aromatic rings. The van der Waals surface area contributed by atoms with Crippen LogP contribution in [0.25, 0.3) is 11.2 Å². The van der Waals surface area contributed by atoms with Crippen LogP contribution in [-0.4, -0.2) is 65.8 Å². The van der Waals surface area contributed by atoms with Gasteiger partial charge in [-0.25, -0.2) is 15.0 Å². The van der Waals surface area contributed by atoms with Crippen molar-refractivity contribution in [3.63, 3.8) is 0 Å². The van der Waals surface area contributed by atoms with Gasteiger partial charge in [-0.3, -0.25) is 4.57 Å². The molecule has 2 aromatic heterocycles. The quantitative estimate of drug-likeness (QED) is 0.584. The van der Waals surface area contributed by atoms with Gasteiger partial charge in [-0.2, -0.15) is 0 Å². The summed E-state index contributed by atoms with van der Waals surface area (Å²) >= 11 is 0. The number of nitrogens with zero attached hydrogens (tertiary/aromatic N) is 4. The number of nitrogens with one attached hydrogen (secondary N) is 1. The Kier molecular flexibility index (Phi) is 5.42. The average molecular weight is 365 g/mol. The highest BCUT2D eigenvalue weighted by Crippen LogP contribution is 2.32. The number of ether oxygens (including phenoxy) is 1. The molecule has 144 valence electrons. The number of hydrogen-bond donors (Lipinski definition) is 4. The van der Waals surface area contributed by atoms with Crippen molar-refractivity contribution >= 4 is 17.0 Å². The number of aliphatic hydroxyl groups excluding tert-OH is 3. The highest BCUT2D eigenvalue weighted by Gasteiger charge is 2.44. The minimum absolute atomic E-state index is 0.215. The van der Waals surface area contributed by atoms with E-state index in [4.69, 9.17) is 4.74 Å². The SMILES string of the molecule is CC(C)C(Nc1ncnc2c1ncn2[C@@H]1O[C@H](CO)[C@@H](O)[C@H]1O)C(C)C. The van der Waals surface area contributed by atoms with Gasteiger partial charge < -0.3 is 25.4 Å². The van der Waals surface area contributed by atoms with Crippen LogP contribution in [0.15, 0.2) is 12.7 Å². The molecule has 0 amide bonds. The Balaban J connectivity index is 1.94. The number of aliphatic hydroxyl groups is 3. The topological polar surface area (TPSA) is 126 Å². The molecule has 0 bridgehead atoms. The lowest BCUT2D eigenvalue weighted by atomic mass is 9.93. The van der Waals surface area contributed by atoms with E-state index < -0.39 is 24.5 Å². The maximum Gasteiger partial charge on any atom is 0.167 e. The fourth-order valence-electron chi connectivity index (χ4n) is 3.51. The van der Waals surface area contributed by atoms with Gasteiger partial charge in [0.1, 0.15) is 24.6 Å². The standard InChI is InChI=1S/C17H27N5O4/c1-8(2)11(9(3)4)21-15-12-16(19-6-18-15)22(7-20-12)17-14(25)13(24)10(5-23)26-17/h6-11,13-14,17,23-25H,5H2,1-4H3,(H,18,19,21)/t10-,13-,14-,17-/m1/s1. The predicted molar refractivity (Wildman–Crippen MR) is 95.4 cm³/mol. The molecule has 3 heterocycles. The van der Waals surface area contributed by atoms with Gasteiger partial charge in [0.05, 0.1) is 12.9 Å². The smallest absolute Gasteiger partial charge is 0.167 e. The summed E-state index contributed by atoms with van der Waals surface area (Å²) in [4.78, 5) is 13.0. The van der Waals surface area contributed by atoms with E-state index in [0.29, 0.717) is 28.8 Å². The zero-order valence-electron chi connectivity index (χ0n) is 15.4. The Labute approximate surface area is 152 Å². The van der Waals surface area contributed by atoms with Crippen LogP contribution in [0.5, 0.6) is 0 Å². The molecule has 9 heteroatoms. The second-order valence-electron chi connectivity index (χ2n) is 7.43. The molecule has 0 unspecified atom stereocenters. The molecule has 1 aliphatic heterocycles. The van der Waals surface area contributed by atoms with Crippen molar-refractivity contribution in [1.29, 1.82) is 0 Å². The minimum Gasteiger partial charge on any atom is -0.394 e. The first-order valence-corrected chi connectivity index (χ1v) is 8.91. The highest BCUT2D eigenvalue weighted by atomic mass is 16.6. The summed E-state index contributed by atoms with van der Waals surface area (Å²) in [7, 11) is 0. The van der Waals surface area contributed by atoms with Gasteiger partial charge in [0.2, 0.25) is 0 Å². The number of aromatic nitrogens is 4. The van der Waals surface area contributed by atoms with E-state index in [9.17, 15) is 15.3 Å². The largest absolute Gasteiger partial charge is 0.394 e. The first-order valence-electron chi connectivity index (χ1n) is 8.91. The number of rotatable bonds is 6. The van der Waals surface area contributed by atoms with E-state index in [2.05, 4.69) is 48.0 Å².